The second-order valence-corrected chi connectivity index (χ2v) is 4.39. The summed E-state index contributed by atoms with van der Waals surface area (Å²) in [5.74, 6) is -0.179. The minimum atomic E-state index is -0.179. The Balaban J connectivity index is 1.81. The van der Waals surface area contributed by atoms with Gasteiger partial charge in [0.2, 0.25) is 5.91 Å². The van der Waals surface area contributed by atoms with Gasteiger partial charge in [0.1, 0.15) is 6.61 Å². The molecule has 0 saturated carbocycles. The average Bonchev–Trinajstić information content (AvgIpc) is 2.49. The van der Waals surface area contributed by atoms with Gasteiger partial charge < -0.3 is 15.8 Å². The maximum atomic E-state index is 11.8. The summed E-state index contributed by atoms with van der Waals surface area (Å²) in [6.07, 6.45) is 0. The summed E-state index contributed by atoms with van der Waals surface area (Å²) in [5.41, 5.74) is 8.31. The zero-order chi connectivity index (χ0) is 14.2. The standard InChI is InChI=1S/C16H18N2O2/c17-10-14-8-4-5-9-15(14)18-16(19)12-20-11-13-6-2-1-3-7-13/h1-9H,10-12,17H2,(H,18,19). The maximum absolute atomic E-state index is 11.8. The molecule has 0 saturated heterocycles. The minimum absolute atomic E-state index is 0.0216. The van der Waals surface area contributed by atoms with Crippen molar-refractivity contribution in [2.45, 2.75) is 13.2 Å². The van der Waals surface area contributed by atoms with Crippen LogP contribution in [0.5, 0.6) is 0 Å². The molecular weight excluding hydrogens is 252 g/mol. The van der Waals surface area contributed by atoms with Gasteiger partial charge in [-0.05, 0) is 17.2 Å². The molecule has 4 nitrogen and oxygen atoms in total. The molecule has 0 aromatic heterocycles. The summed E-state index contributed by atoms with van der Waals surface area (Å²) in [6.45, 7) is 0.835. The lowest BCUT2D eigenvalue weighted by Crippen LogP contribution is -2.19. The zero-order valence-electron chi connectivity index (χ0n) is 11.2. The van der Waals surface area contributed by atoms with Crippen molar-refractivity contribution in [1.29, 1.82) is 0 Å². The fourth-order valence-electron chi connectivity index (χ4n) is 1.84. The van der Waals surface area contributed by atoms with Crippen LogP contribution in [0, 0.1) is 0 Å². The lowest BCUT2D eigenvalue weighted by Gasteiger charge is -2.10. The molecule has 3 N–H and O–H groups in total. The number of anilines is 1. The smallest absolute Gasteiger partial charge is 0.250 e. The predicted octanol–water partition coefficient (Wildman–Crippen LogP) is 2.30. The van der Waals surface area contributed by atoms with Crippen LogP contribution in [0.2, 0.25) is 0 Å². The highest BCUT2D eigenvalue weighted by Gasteiger charge is 2.05. The van der Waals surface area contributed by atoms with Gasteiger partial charge in [-0.1, -0.05) is 48.5 Å². The summed E-state index contributed by atoms with van der Waals surface area (Å²) < 4.78 is 5.38. The molecular formula is C16H18N2O2. The first-order chi connectivity index (χ1) is 9.79. The fraction of sp³-hybridized carbons (Fsp3) is 0.188. The number of rotatable bonds is 6. The predicted molar refractivity (Wildman–Crippen MR) is 79.1 cm³/mol. The second-order valence-electron chi connectivity index (χ2n) is 4.39. The van der Waals surface area contributed by atoms with Gasteiger partial charge in [0.25, 0.3) is 0 Å². The van der Waals surface area contributed by atoms with Crippen molar-refractivity contribution < 1.29 is 9.53 Å². The first-order valence-corrected chi connectivity index (χ1v) is 6.49. The molecule has 0 spiro atoms. The van der Waals surface area contributed by atoms with Crippen LogP contribution in [0.3, 0.4) is 0 Å². The van der Waals surface area contributed by atoms with E-state index in [0.717, 1.165) is 16.8 Å². The Morgan fingerprint density at radius 3 is 2.50 bits per heavy atom. The number of ether oxygens (including phenoxy) is 1. The van der Waals surface area contributed by atoms with Crippen LogP contribution in [0.1, 0.15) is 11.1 Å². The van der Waals surface area contributed by atoms with E-state index in [1.165, 1.54) is 0 Å². The third kappa shape index (κ3) is 4.19. The van der Waals surface area contributed by atoms with Gasteiger partial charge in [0, 0.05) is 12.2 Å². The Labute approximate surface area is 118 Å². The summed E-state index contributed by atoms with van der Waals surface area (Å²) in [7, 11) is 0. The number of nitrogens with one attached hydrogen (secondary N) is 1. The topological polar surface area (TPSA) is 64.3 Å². The molecule has 0 fully saturated rings. The second kappa shape index (κ2) is 7.43. The molecule has 0 aliphatic carbocycles. The number of amides is 1. The van der Waals surface area contributed by atoms with Gasteiger partial charge in [0.05, 0.1) is 6.61 Å². The van der Waals surface area contributed by atoms with E-state index < -0.39 is 0 Å². The van der Waals surface area contributed by atoms with Crippen LogP contribution >= 0.6 is 0 Å². The Bertz CT molecular complexity index is 555. The van der Waals surface area contributed by atoms with E-state index in [2.05, 4.69) is 5.32 Å². The van der Waals surface area contributed by atoms with Crippen LogP contribution in [0.15, 0.2) is 54.6 Å². The van der Waals surface area contributed by atoms with Crippen molar-refractivity contribution >= 4 is 11.6 Å². The fourth-order valence-corrected chi connectivity index (χ4v) is 1.84. The maximum Gasteiger partial charge on any atom is 0.250 e. The number of carbonyl (C=O) groups excluding carboxylic acids is 1. The van der Waals surface area contributed by atoms with Crippen LogP contribution in [0.25, 0.3) is 0 Å². The molecule has 1 amide bonds. The molecule has 0 aliphatic rings. The molecule has 0 heterocycles. The third-order valence-electron chi connectivity index (χ3n) is 2.86. The number of para-hydroxylation sites is 1. The lowest BCUT2D eigenvalue weighted by atomic mass is 10.2. The van der Waals surface area contributed by atoms with E-state index in [1.54, 1.807) is 0 Å². The monoisotopic (exact) mass is 270 g/mol. The summed E-state index contributed by atoms with van der Waals surface area (Å²) in [5, 5.41) is 2.80. The van der Waals surface area contributed by atoms with Crippen molar-refractivity contribution in [3.05, 3.63) is 65.7 Å². The largest absolute Gasteiger partial charge is 0.367 e. The first-order valence-electron chi connectivity index (χ1n) is 6.49. The number of benzene rings is 2. The molecule has 0 bridgehead atoms. The lowest BCUT2D eigenvalue weighted by molar-refractivity contribution is -0.121. The minimum Gasteiger partial charge on any atom is -0.367 e. The number of nitrogens with two attached hydrogens (primary N) is 1. The molecule has 4 heteroatoms. The van der Waals surface area contributed by atoms with E-state index in [0.29, 0.717) is 13.2 Å². The summed E-state index contributed by atoms with van der Waals surface area (Å²) >= 11 is 0. The highest BCUT2D eigenvalue weighted by Crippen LogP contribution is 2.13. The van der Waals surface area contributed by atoms with Crippen molar-refractivity contribution in [2.24, 2.45) is 5.73 Å². The van der Waals surface area contributed by atoms with Crippen molar-refractivity contribution in [1.82, 2.24) is 0 Å². The van der Waals surface area contributed by atoms with Gasteiger partial charge in [-0.3, -0.25) is 4.79 Å². The summed E-state index contributed by atoms with van der Waals surface area (Å²) in [6, 6.07) is 17.2. The molecule has 0 atom stereocenters. The highest BCUT2D eigenvalue weighted by molar-refractivity contribution is 5.92. The molecule has 104 valence electrons. The molecule has 2 rings (SSSR count). The molecule has 2 aromatic rings. The molecule has 20 heavy (non-hydrogen) atoms. The molecule has 0 aliphatic heterocycles. The van der Waals surface area contributed by atoms with Gasteiger partial charge in [-0.25, -0.2) is 0 Å². The first kappa shape index (κ1) is 14.2. The van der Waals surface area contributed by atoms with Gasteiger partial charge in [-0.2, -0.15) is 0 Å². The molecule has 0 unspecified atom stereocenters. The Morgan fingerprint density at radius 2 is 1.75 bits per heavy atom. The Kier molecular flexibility index (Phi) is 5.29. The average molecular weight is 270 g/mol. The van der Waals surface area contributed by atoms with Crippen LogP contribution in [-0.2, 0) is 22.7 Å². The van der Waals surface area contributed by atoms with Gasteiger partial charge in [-0.15, -0.1) is 0 Å². The van der Waals surface area contributed by atoms with Crippen LogP contribution < -0.4 is 11.1 Å². The normalized spacial score (nSPS) is 10.2. The highest BCUT2D eigenvalue weighted by atomic mass is 16.5. The van der Waals surface area contributed by atoms with E-state index in [1.807, 2.05) is 54.6 Å². The van der Waals surface area contributed by atoms with E-state index in [9.17, 15) is 4.79 Å². The van der Waals surface area contributed by atoms with Gasteiger partial charge >= 0.3 is 0 Å². The molecule has 2 aromatic carbocycles. The van der Waals surface area contributed by atoms with Crippen LogP contribution in [-0.4, -0.2) is 12.5 Å². The number of hydrogen-bond donors (Lipinski definition) is 2. The third-order valence-corrected chi connectivity index (χ3v) is 2.86. The van der Waals surface area contributed by atoms with E-state index >= 15 is 0 Å². The molecule has 0 radical (unpaired) electrons. The number of hydrogen-bond acceptors (Lipinski definition) is 3. The SMILES string of the molecule is NCc1ccccc1NC(=O)COCc1ccccc1. The van der Waals surface area contributed by atoms with Crippen molar-refractivity contribution in [2.75, 3.05) is 11.9 Å². The zero-order valence-corrected chi connectivity index (χ0v) is 11.2. The quantitative estimate of drug-likeness (QED) is 0.846. The van der Waals surface area contributed by atoms with Gasteiger partial charge in [0.15, 0.2) is 0 Å². The Hall–Kier alpha value is -2.17. The van der Waals surface area contributed by atoms with Crippen molar-refractivity contribution in [3.8, 4) is 0 Å². The Morgan fingerprint density at radius 1 is 1.05 bits per heavy atom. The van der Waals surface area contributed by atoms with E-state index in [4.69, 9.17) is 10.5 Å². The number of carbonyl (C=O) groups is 1. The van der Waals surface area contributed by atoms with Crippen LogP contribution in [0.4, 0.5) is 5.69 Å². The van der Waals surface area contributed by atoms with Crippen molar-refractivity contribution in [3.63, 3.8) is 0 Å². The van der Waals surface area contributed by atoms with E-state index in [-0.39, 0.29) is 12.5 Å². The summed E-state index contributed by atoms with van der Waals surface area (Å²) in [4.78, 5) is 11.8.